The number of sulfone groups is 1. The van der Waals surface area contributed by atoms with Crippen molar-refractivity contribution in [1.82, 2.24) is 19.9 Å². The van der Waals surface area contributed by atoms with Crippen LogP contribution in [0.2, 0.25) is 0 Å². The first-order valence-corrected chi connectivity index (χ1v) is 7.82. The average molecular weight is 273 g/mol. The van der Waals surface area contributed by atoms with Crippen molar-refractivity contribution < 1.29 is 8.42 Å². The molecule has 2 heterocycles. The molecule has 1 saturated heterocycles. The van der Waals surface area contributed by atoms with Crippen molar-refractivity contribution in [2.45, 2.75) is 25.6 Å². The molecule has 1 unspecified atom stereocenters. The smallest absolute Gasteiger partial charge is 0.151 e. The summed E-state index contributed by atoms with van der Waals surface area (Å²) in [6, 6.07) is 0.132. The maximum Gasteiger partial charge on any atom is 0.151 e. The van der Waals surface area contributed by atoms with E-state index in [1.54, 1.807) is 4.68 Å². The Kier molecular flexibility index (Phi) is 3.98. The predicted molar refractivity (Wildman–Crippen MR) is 67.6 cm³/mol. The van der Waals surface area contributed by atoms with Crippen LogP contribution in [0.15, 0.2) is 6.20 Å². The largest absolute Gasteiger partial charge is 0.325 e. The molecule has 2 N–H and O–H groups in total. The third-order valence-electron chi connectivity index (χ3n) is 3.31. The molecule has 0 aliphatic carbocycles. The highest BCUT2D eigenvalue weighted by Gasteiger charge is 2.30. The maximum atomic E-state index is 11.4. The van der Waals surface area contributed by atoms with Gasteiger partial charge in [0, 0.05) is 25.3 Å². The fourth-order valence-electron chi connectivity index (χ4n) is 2.11. The SMILES string of the molecule is CN(CCn1cc(CN)nn1)C1CCS(=O)(=O)C1. The third-order valence-corrected chi connectivity index (χ3v) is 5.06. The zero-order valence-electron chi connectivity index (χ0n) is 10.5. The van der Waals surface area contributed by atoms with Gasteiger partial charge in [-0.2, -0.15) is 0 Å². The molecule has 0 saturated carbocycles. The predicted octanol–water partition coefficient (Wildman–Crippen LogP) is -1.14. The molecule has 0 bridgehead atoms. The van der Waals surface area contributed by atoms with E-state index in [4.69, 9.17) is 5.73 Å². The van der Waals surface area contributed by atoms with Gasteiger partial charge in [0.2, 0.25) is 0 Å². The van der Waals surface area contributed by atoms with Crippen molar-refractivity contribution in [1.29, 1.82) is 0 Å². The molecule has 7 nitrogen and oxygen atoms in total. The summed E-state index contributed by atoms with van der Waals surface area (Å²) in [5, 5.41) is 7.86. The zero-order chi connectivity index (χ0) is 13.2. The Morgan fingerprint density at radius 1 is 1.61 bits per heavy atom. The molecule has 0 amide bonds. The van der Waals surface area contributed by atoms with E-state index in [2.05, 4.69) is 15.2 Å². The van der Waals surface area contributed by atoms with Crippen LogP contribution >= 0.6 is 0 Å². The number of aromatic nitrogens is 3. The first-order valence-electron chi connectivity index (χ1n) is 6.00. The van der Waals surface area contributed by atoms with Crippen LogP contribution in [0.25, 0.3) is 0 Å². The van der Waals surface area contributed by atoms with Crippen LogP contribution in [0.3, 0.4) is 0 Å². The monoisotopic (exact) mass is 273 g/mol. The van der Waals surface area contributed by atoms with Gasteiger partial charge in [-0.15, -0.1) is 5.10 Å². The van der Waals surface area contributed by atoms with E-state index in [-0.39, 0.29) is 11.8 Å². The van der Waals surface area contributed by atoms with E-state index in [0.29, 0.717) is 18.8 Å². The molecule has 2 rings (SSSR count). The second kappa shape index (κ2) is 5.33. The molecule has 1 aliphatic rings. The van der Waals surface area contributed by atoms with Crippen molar-refractivity contribution in [3.05, 3.63) is 11.9 Å². The standard InChI is InChI=1S/C10H19N5O2S/c1-14(10-2-5-18(16,17)8-10)3-4-15-7-9(6-11)12-13-15/h7,10H,2-6,8,11H2,1H3. The first kappa shape index (κ1) is 13.4. The number of hydrogen-bond acceptors (Lipinski definition) is 6. The van der Waals surface area contributed by atoms with E-state index in [0.717, 1.165) is 18.7 Å². The van der Waals surface area contributed by atoms with Crippen molar-refractivity contribution >= 4 is 9.84 Å². The van der Waals surface area contributed by atoms with Gasteiger partial charge in [0.05, 0.1) is 23.7 Å². The van der Waals surface area contributed by atoms with Crippen LogP contribution in [-0.4, -0.2) is 59.5 Å². The Bertz CT molecular complexity index is 498. The minimum absolute atomic E-state index is 0.132. The molecule has 1 fully saturated rings. The number of likely N-dealkylation sites (N-methyl/N-ethyl adjacent to an activating group) is 1. The lowest BCUT2D eigenvalue weighted by atomic mass is 10.2. The normalized spacial score (nSPS) is 22.7. The van der Waals surface area contributed by atoms with Crippen LogP contribution < -0.4 is 5.73 Å². The highest BCUT2D eigenvalue weighted by atomic mass is 32.2. The molecule has 0 radical (unpaired) electrons. The van der Waals surface area contributed by atoms with E-state index in [1.807, 2.05) is 13.2 Å². The Balaban J connectivity index is 1.83. The maximum absolute atomic E-state index is 11.4. The van der Waals surface area contributed by atoms with Crippen LogP contribution in [-0.2, 0) is 22.9 Å². The molecule has 102 valence electrons. The molecule has 1 aliphatic heterocycles. The Hall–Kier alpha value is -0.990. The summed E-state index contributed by atoms with van der Waals surface area (Å²) in [7, 11) is -0.866. The van der Waals surface area contributed by atoms with E-state index >= 15 is 0 Å². The highest BCUT2D eigenvalue weighted by Crippen LogP contribution is 2.16. The summed E-state index contributed by atoms with van der Waals surface area (Å²) < 4.78 is 24.5. The number of hydrogen-bond donors (Lipinski definition) is 1. The van der Waals surface area contributed by atoms with Gasteiger partial charge in [0.1, 0.15) is 0 Å². The second-order valence-electron chi connectivity index (χ2n) is 4.71. The average Bonchev–Trinajstić information content (AvgIpc) is 2.92. The van der Waals surface area contributed by atoms with Crippen molar-refractivity contribution in [2.24, 2.45) is 5.73 Å². The number of nitrogens with two attached hydrogens (primary N) is 1. The fraction of sp³-hybridized carbons (Fsp3) is 0.800. The summed E-state index contributed by atoms with van der Waals surface area (Å²) in [5.74, 6) is 0.581. The van der Waals surface area contributed by atoms with Gasteiger partial charge in [-0.3, -0.25) is 4.68 Å². The lowest BCUT2D eigenvalue weighted by Crippen LogP contribution is -2.35. The van der Waals surface area contributed by atoms with Crippen molar-refractivity contribution in [3.8, 4) is 0 Å². The van der Waals surface area contributed by atoms with Gasteiger partial charge in [-0.05, 0) is 13.5 Å². The first-order chi connectivity index (χ1) is 8.50. The van der Waals surface area contributed by atoms with Gasteiger partial charge < -0.3 is 10.6 Å². The second-order valence-corrected chi connectivity index (χ2v) is 6.94. The van der Waals surface area contributed by atoms with Gasteiger partial charge in [0.25, 0.3) is 0 Å². The van der Waals surface area contributed by atoms with E-state index < -0.39 is 9.84 Å². The number of nitrogens with zero attached hydrogens (tertiary/aromatic N) is 4. The molecular formula is C10H19N5O2S. The summed E-state index contributed by atoms with van der Waals surface area (Å²) >= 11 is 0. The van der Waals surface area contributed by atoms with Crippen LogP contribution in [0.4, 0.5) is 0 Å². The van der Waals surface area contributed by atoms with Gasteiger partial charge in [0.15, 0.2) is 9.84 Å². The Morgan fingerprint density at radius 3 is 2.94 bits per heavy atom. The van der Waals surface area contributed by atoms with Crippen LogP contribution in [0, 0.1) is 0 Å². The molecule has 0 aromatic carbocycles. The molecule has 8 heteroatoms. The van der Waals surface area contributed by atoms with Gasteiger partial charge >= 0.3 is 0 Å². The third kappa shape index (κ3) is 3.27. The zero-order valence-corrected chi connectivity index (χ0v) is 11.3. The Morgan fingerprint density at radius 2 is 2.39 bits per heavy atom. The summed E-state index contributed by atoms with van der Waals surface area (Å²) in [4.78, 5) is 2.08. The van der Waals surface area contributed by atoms with Crippen molar-refractivity contribution in [3.63, 3.8) is 0 Å². The quantitative estimate of drug-likeness (QED) is 0.728. The van der Waals surface area contributed by atoms with Gasteiger partial charge in [-0.25, -0.2) is 8.42 Å². The Labute approximate surface area is 107 Å². The van der Waals surface area contributed by atoms with E-state index in [1.165, 1.54) is 0 Å². The summed E-state index contributed by atoms with van der Waals surface area (Å²) in [6.07, 6.45) is 2.55. The van der Waals surface area contributed by atoms with Crippen molar-refractivity contribution in [2.75, 3.05) is 25.1 Å². The molecule has 1 aromatic rings. The fourth-order valence-corrected chi connectivity index (χ4v) is 3.91. The minimum atomic E-state index is -2.82. The van der Waals surface area contributed by atoms with Crippen LogP contribution in [0.5, 0.6) is 0 Å². The topological polar surface area (TPSA) is 94.1 Å². The van der Waals surface area contributed by atoms with Crippen LogP contribution in [0.1, 0.15) is 12.1 Å². The minimum Gasteiger partial charge on any atom is -0.325 e. The van der Waals surface area contributed by atoms with Gasteiger partial charge in [-0.1, -0.05) is 5.21 Å². The molecule has 18 heavy (non-hydrogen) atoms. The van der Waals surface area contributed by atoms with E-state index in [9.17, 15) is 8.42 Å². The molecule has 1 aromatic heterocycles. The lowest BCUT2D eigenvalue weighted by Gasteiger charge is -2.22. The lowest BCUT2D eigenvalue weighted by molar-refractivity contribution is 0.247. The molecule has 1 atom stereocenters. The summed E-state index contributed by atoms with van der Waals surface area (Å²) in [5.41, 5.74) is 6.22. The molecule has 0 spiro atoms. The molecular weight excluding hydrogens is 254 g/mol. The number of rotatable bonds is 5. The highest BCUT2D eigenvalue weighted by molar-refractivity contribution is 7.91. The summed E-state index contributed by atoms with van der Waals surface area (Å²) in [6.45, 7) is 1.84.